The number of nitrogens with one attached hydrogen (secondary N) is 1. The van der Waals surface area contributed by atoms with Gasteiger partial charge in [-0.05, 0) is 53.9 Å². The van der Waals surface area contributed by atoms with Gasteiger partial charge in [0.15, 0.2) is 0 Å². The minimum absolute atomic E-state index is 0.0963. The highest BCUT2D eigenvalue weighted by Crippen LogP contribution is 2.27. The summed E-state index contributed by atoms with van der Waals surface area (Å²) < 4.78 is 7.42. The van der Waals surface area contributed by atoms with Crippen LogP contribution in [-0.2, 0) is 17.9 Å². The van der Waals surface area contributed by atoms with E-state index >= 15 is 0 Å². The Bertz CT molecular complexity index is 1050. The third-order valence-corrected chi connectivity index (χ3v) is 6.64. The van der Waals surface area contributed by atoms with E-state index in [0.29, 0.717) is 24.5 Å². The van der Waals surface area contributed by atoms with Crippen LogP contribution in [0, 0.1) is 25.2 Å². The summed E-state index contributed by atoms with van der Waals surface area (Å²) in [6.45, 7) is 9.23. The molecule has 1 amide bonds. The molecule has 0 aromatic carbocycles. The first-order chi connectivity index (χ1) is 15.0. The van der Waals surface area contributed by atoms with E-state index in [1.807, 2.05) is 30.5 Å². The number of piperazine rings is 1. The Morgan fingerprint density at radius 2 is 1.97 bits per heavy atom. The Hall–Kier alpha value is -2.86. The summed E-state index contributed by atoms with van der Waals surface area (Å²) in [5.41, 5.74) is 3.69. The van der Waals surface area contributed by atoms with Gasteiger partial charge in [0.25, 0.3) is 0 Å². The van der Waals surface area contributed by atoms with Crippen molar-refractivity contribution in [3.63, 3.8) is 0 Å². The largest absolute Gasteiger partial charge is 0.467 e. The molecule has 0 saturated carbocycles. The second-order valence-electron chi connectivity index (χ2n) is 7.94. The van der Waals surface area contributed by atoms with E-state index in [2.05, 4.69) is 38.0 Å². The number of hydrogen-bond acceptors (Lipinski definition) is 6. The number of hydrogen-bond donors (Lipinski definition) is 1. The maximum absolute atomic E-state index is 12.9. The quantitative estimate of drug-likeness (QED) is 0.613. The molecule has 3 aromatic rings. The van der Waals surface area contributed by atoms with Gasteiger partial charge in [-0.15, -0.1) is 0 Å². The number of furan rings is 1. The number of carbonyl (C=O) groups is 1. The van der Waals surface area contributed by atoms with Gasteiger partial charge in [-0.3, -0.25) is 14.6 Å². The summed E-state index contributed by atoms with van der Waals surface area (Å²) in [6.07, 6.45) is 1.63. The van der Waals surface area contributed by atoms with Crippen molar-refractivity contribution in [1.29, 1.82) is 5.26 Å². The van der Waals surface area contributed by atoms with Crippen molar-refractivity contribution in [2.24, 2.45) is 0 Å². The summed E-state index contributed by atoms with van der Waals surface area (Å²) in [4.78, 5) is 17.4. The molecule has 3 aromatic heterocycles. The molecule has 0 atom stereocenters. The highest BCUT2D eigenvalue weighted by Gasteiger charge is 2.23. The zero-order chi connectivity index (χ0) is 21.8. The van der Waals surface area contributed by atoms with E-state index in [4.69, 9.17) is 4.42 Å². The minimum atomic E-state index is -0.0963. The van der Waals surface area contributed by atoms with E-state index in [1.54, 1.807) is 17.6 Å². The van der Waals surface area contributed by atoms with Crippen LogP contribution < -0.4 is 5.32 Å². The maximum atomic E-state index is 12.9. The molecule has 0 radical (unpaired) electrons. The van der Waals surface area contributed by atoms with E-state index in [0.717, 1.165) is 49.7 Å². The predicted octanol–water partition coefficient (Wildman–Crippen LogP) is 3.44. The van der Waals surface area contributed by atoms with Crippen LogP contribution in [0.1, 0.15) is 28.1 Å². The maximum Gasteiger partial charge on any atom is 0.239 e. The van der Waals surface area contributed by atoms with Crippen LogP contribution in [-0.4, -0.2) is 53.0 Å². The first-order valence-electron chi connectivity index (χ1n) is 10.4. The van der Waals surface area contributed by atoms with Crippen molar-refractivity contribution < 1.29 is 9.21 Å². The molecule has 0 unspecified atom stereocenters. The Morgan fingerprint density at radius 3 is 2.61 bits per heavy atom. The van der Waals surface area contributed by atoms with Gasteiger partial charge < -0.3 is 14.3 Å². The van der Waals surface area contributed by atoms with E-state index in [-0.39, 0.29) is 5.91 Å². The molecule has 1 N–H and O–H groups in total. The fraction of sp³-hybridized carbons (Fsp3) is 0.391. The minimum Gasteiger partial charge on any atom is -0.467 e. The molecule has 162 valence electrons. The van der Waals surface area contributed by atoms with Crippen LogP contribution in [0.25, 0.3) is 0 Å². The predicted molar refractivity (Wildman–Crippen MR) is 121 cm³/mol. The first kappa shape index (κ1) is 21.4. The zero-order valence-electron chi connectivity index (χ0n) is 17.9. The Labute approximate surface area is 186 Å². The third kappa shape index (κ3) is 4.90. The van der Waals surface area contributed by atoms with Crippen LogP contribution in [0.15, 0.2) is 39.6 Å². The molecule has 1 fully saturated rings. The monoisotopic (exact) mass is 437 g/mol. The van der Waals surface area contributed by atoms with Crippen molar-refractivity contribution in [3.8, 4) is 6.07 Å². The molecule has 1 aliphatic rings. The first-order valence-corrected chi connectivity index (χ1v) is 11.4. The Morgan fingerprint density at radius 1 is 1.19 bits per heavy atom. The highest BCUT2D eigenvalue weighted by molar-refractivity contribution is 7.07. The molecule has 0 bridgehead atoms. The number of nitrogens with zero attached hydrogens (tertiary/aromatic N) is 4. The number of aromatic nitrogens is 1. The van der Waals surface area contributed by atoms with Crippen LogP contribution in [0.5, 0.6) is 0 Å². The summed E-state index contributed by atoms with van der Waals surface area (Å²) in [5.74, 6) is 1.23. The number of carbonyl (C=O) groups excluding carboxylic acids is 1. The van der Waals surface area contributed by atoms with Crippen molar-refractivity contribution >= 4 is 23.1 Å². The van der Waals surface area contributed by atoms with Gasteiger partial charge in [0.05, 0.1) is 24.9 Å². The topological polar surface area (TPSA) is 77.4 Å². The lowest BCUT2D eigenvalue weighted by atomic mass is 10.2. The van der Waals surface area contributed by atoms with Gasteiger partial charge in [-0.2, -0.15) is 16.6 Å². The molecule has 4 heterocycles. The van der Waals surface area contributed by atoms with Gasteiger partial charge in [0.2, 0.25) is 5.91 Å². The summed E-state index contributed by atoms with van der Waals surface area (Å²) in [7, 11) is 0. The number of anilines is 1. The number of nitriles is 1. The standard InChI is InChI=1S/C23H27N5O2S/c1-17-18(2)28(14-20-4-3-10-30-20)23(21(17)12-24)25-22(29)15-27-8-6-26(7-9-27)13-19-5-11-31-16-19/h3-5,10-11,16H,6-9,13-15H2,1-2H3,(H,25,29). The summed E-state index contributed by atoms with van der Waals surface area (Å²) >= 11 is 1.72. The summed E-state index contributed by atoms with van der Waals surface area (Å²) in [5, 5.41) is 17.0. The van der Waals surface area contributed by atoms with E-state index < -0.39 is 0 Å². The zero-order valence-corrected chi connectivity index (χ0v) is 18.7. The van der Waals surface area contributed by atoms with Crippen molar-refractivity contribution in [2.75, 3.05) is 38.0 Å². The molecule has 7 nitrogen and oxygen atoms in total. The highest BCUT2D eigenvalue weighted by atomic mass is 32.1. The van der Waals surface area contributed by atoms with Gasteiger partial charge in [-0.1, -0.05) is 0 Å². The lowest BCUT2D eigenvalue weighted by Crippen LogP contribution is -2.48. The average molecular weight is 438 g/mol. The molecule has 0 aliphatic carbocycles. The van der Waals surface area contributed by atoms with E-state index in [1.165, 1.54) is 5.56 Å². The molecular weight excluding hydrogens is 410 g/mol. The normalized spacial score (nSPS) is 15.1. The van der Waals surface area contributed by atoms with Crippen LogP contribution in [0.3, 0.4) is 0 Å². The smallest absolute Gasteiger partial charge is 0.239 e. The van der Waals surface area contributed by atoms with Gasteiger partial charge >= 0.3 is 0 Å². The lowest BCUT2D eigenvalue weighted by Gasteiger charge is -2.34. The second-order valence-corrected chi connectivity index (χ2v) is 8.72. The van der Waals surface area contributed by atoms with Crippen molar-refractivity contribution in [3.05, 3.63) is 63.4 Å². The Balaban J connectivity index is 1.38. The molecule has 4 rings (SSSR count). The molecule has 31 heavy (non-hydrogen) atoms. The summed E-state index contributed by atoms with van der Waals surface area (Å²) in [6, 6.07) is 8.15. The van der Waals surface area contributed by atoms with Gasteiger partial charge in [-0.25, -0.2) is 0 Å². The fourth-order valence-electron chi connectivity index (χ4n) is 4.01. The Kier molecular flexibility index (Phi) is 6.56. The SMILES string of the molecule is Cc1c(C#N)c(NC(=O)CN2CCN(Cc3ccsc3)CC2)n(Cc2ccco2)c1C. The lowest BCUT2D eigenvalue weighted by molar-refractivity contribution is -0.117. The van der Waals surface area contributed by atoms with Crippen LogP contribution >= 0.6 is 11.3 Å². The number of rotatable bonds is 7. The average Bonchev–Trinajstić information content (AvgIpc) is 3.50. The van der Waals surface area contributed by atoms with Crippen molar-refractivity contribution in [1.82, 2.24) is 14.4 Å². The molecule has 1 aliphatic heterocycles. The number of amides is 1. The molecule has 0 spiro atoms. The number of thiophene rings is 1. The fourth-order valence-corrected chi connectivity index (χ4v) is 4.67. The second kappa shape index (κ2) is 9.52. The van der Waals surface area contributed by atoms with Crippen molar-refractivity contribution in [2.45, 2.75) is 26.9 Å². The van der Waals surface area contributed by atoms with Gasteiger partial charge in [0.1, 0.15) is 17.6 Å². The van der Waals surface area contributed by atoms with E-state index in [9.17, 15) is 10.1 Å². The van der Waals surface area contributed by atoms with Crippen LogP contribution in [0.2, 0.25) is 0 Å². The molecular formula is C23H27N5O2S. The van der Waals surface area contributed by atoms with Gasteiger partial charge in [0, 0.05) is 38.4 Å². The third-order valence-electron chi connectivity index (χ3n) is 5.91. The van der Waals surface area contributed by atoms with Crippen LogP contribution in [0.4, 0.5) is 5.82 Å². The molecule has 8 heteroatoms. The molecule has 1 saturated heterocycles.